The molecule has 0 aliphatic heterocycles. The standard InChI is InChI=1S/C15H15N3O5S/c1-8-12(24-15(23)18(8)2)14(22)17-10-5-3-9(4-6-10)13(21)16-7-11(19)20/h3-6H,7H2,1-2H3,(H,16,21)(H,17,22)(H,19,20). The summed E-state index contributed by atoms with van der Waals surface area (Å²) in [6, 6.07) is 5.98. The maximum absolute atomic E-state index is 12.2. The van der Waals surface area contributed by atoms with E-state index in [9.17, 15) is 19.2 Å². The predicted octanol–water partition coefficient (Wildman–Crippen LogP) is 0.822. The summed E-state index contributed by atoms with van der Waals surface area (Å²) in [5.74, 6) is -2.06. The molecule has 126 valence electrons. The molecule has 24 heavy (non-hydrogen) atoms. The first-order chi connectivity index (χ1) is 11.3. The highest BCUT2D eigenvalue weighted by Gasteiger charge is 2.16. The fourth-order valence-electron chi connectivity index (χ4n) is 1.88. The lowest BCUT2D eigenvalue weighted by atomic mass is 10.2. The number of thiazole rings is 1. The Kier molecular flexibility index (Phi) is 5.14. The summed E-state index contributed by atoms with van der Waals surface area (Å²) in [7, 11) is 1.59. The van der Waals surface area contributed by atoms with Crippen LogP contribution in [0.3, 0.4) is 0 Å². The number of aromatic nitrogens is 1. The van der Waals surface area contributed by atoms with Gasteiger partial charge in [0, 0.05) is 24.0 Å². The van der Waals surface area contributed by atoms with Gasteiger partial charge in [-0.2, -0.15) is 0 Å². The fraction of sp³-hybridized carbons (Fsp3) is 0.200. The molecule has 0 saturated heterocycles. The van der Waals surface area contributed by atoms with Crippen molar-refractivity contribution in [2.24, 2.45) is 7.05 Å². The highest BCUT2D eigenvalue weighted by atomic mass is 32.1. The third-order valence-corrected chi connectivity index (χ3v) is 4.44. The van der Waals surface area contributed by atoms with Gasteiger partial charge in [-0.15, -0.1) is 0 Å². The Bertz CT molecular complexity index is 851. The minimum absolute atomic E-state index is 0.219. The number of hydrogen-bond acceptors (Lipinski definition) is 5. The SMILES string of the molecule is Cc1c(C(=O)Nc2ccc(C(=O)NCC(=O)O)cc2)sc(=O)n1C. The van der Waals surface area contributed by atoms with Crippen molar-refractivity contribution in [3.05, 3.63) is 50.1 Å². The number of nitrogens with zero attached hydrogens (tertiary/aromatic N) is 1. The Morgan fingerprint density at radius 2 is 1.79 bits per heavy atom. The van der Waals surface area contributed by atoms with Crippen LogP contribution < -0.4 is 15.5 Å². The minimum Gasteiger partial charge on any atom is -0.480 e. The van der Waals surface area contributed by atoms with E-state index in [1.54, 1.807) is 14.0 Å². The lowest BCUT2D eigenvalue weighted by molar-refractivity contribution is -0.135. The highest BCUT2D eigenvalue weighted by Crippen LogP contribution is 2.15. The van der Waals surface area contributed by atoms with E-state index in [1.165, 1.54) is 28.8 Å². The van der Waals surface area contributed by atoms with Crippen molar-refractivity contribution in [1.82, 2.24) is 9.88 Å². The number of rotatable bonds is 5. The molecule has 3 N–H and O–H groups in total. The summed E-state index contributed by atoms with van der Waals surface area (Å²) < 4.78 is 1.40. The Labute approximate surface area is 140 Å². The molecule has 2 rings (SSSR count). The van der Waals surface area contributed by atoms with E-state index in [0.717, 1.165) is 11.3 Å². The first kappa shape index (κ1) is 17.4. The zero-order valence-corrected chi connectivity index (χ0v) is 13.8. The van der Waals surface area contributed by atoms with E-state index in [0.29, 0.717) is 16.3 Å². The Balaban J connectivity index is 2.07. The van der Waals surface area contributed by atoms with Gasteiger partial charge in [-0.25, -0.2) is 0 Å². The third-order valence-electron chi connectivity index (χ3n) is 3.31. The van der Waals surface area contributed by atoms with E-state index < -0.39 is 24.3 Å². The van der Waals surface area contributed by atoms with Crippen LogP contribution in [0.25, 0.3) is 0 Å². The van der Waals surface area contributed by atoms with Crippen LogP contribution >= 0.6 is 11.3 Å². The summed E-state index contributed by atoms with van der Waals surface area (Å²) in [6.07, 6.45) is 0. The van der Waals surface area contributed by atoms with Gasteiger partial charge in [0.15, 0.2) is 0 Å². The number of carbonyl (C=O) groups excluding carboxylic acids is 2. The molecule has 1 aromatic carbocycles. The molecule has 0 spiro atoms. The Morgan fingerprint density at radius 1 is 1.17 bits per heavy atom. The van der Waals surface area contributed by atoms with Gasteiger partial charge in [0.2, 0.25) is 0 Å². The second-order valence-electron chi connectivity index (χ2n) is 4.95. The van der Waals surface area contributed by atoms with Crippen LogP contribution in [0.1, 0.15) is 25.7 Å². The van der Waals surface area contributed by atoms with Crippen LogP contribution in [0.5, 0.6) is 0 Å². The molecule has 0 aliphatic carbocycles. The van der Waals surface area contributed by atoms with Gasteiger partial charge in [-0.05, 0) is 31.2 Å². The van der Waals surface area contributed by atoms with E-state index >= 15 is 0 Å². The molecule has 8 nitrogen and oxygen atoms in total. The molecule has 2 aromatic rings. The number of hydrogen-bond donors (Lipinski definition) is 3. The first-order valence-electron chi connectivity index (χ1n) is 6.87. The summed E-state index contributed by atoms with van der Waals surface area (Å²) in [5, 5.41) is 13.4. The second kappa shape index (κ2) is 7.09. The summed E-state index contributed by atoms with van der Waals surface area (Å²) in [4.78, 5) is 46.0. The van der Waals surface area contributed by atoms with Gasteiger partial charge >= 0.3 is 10.8 Å². The van der Waals surface area contributed by atoms with Gasteiger partial charge in [0.05, 0.1) is 0 Å². The quantitative estimate of drug-likeness (QED) is 0.739. The number of carboxylic acid groups (broad SMARTS) is 1. The van der Waals surface area contributed by atoms with Gasteiger partial charge < -0.3 is 20.3 Å². The van der Waals surface area contributed by atoms with Crippen molar-refractivity contribution in [2.45, 2.75) is 6.92 Å². The van der Waals surface area contributed by atoms with Gasteiger partial charge in [-0.1, -0.05) is 11.3 Å². The van der Waals surface area contributed by atoms with Crippen LogP contribution in [0.2, 0.25) is 0 Å². The Morgan fingerprint density at radius 3 is 2.29 bits per heavy atom. The topological polar surface area (TPSA) is 118 Å². The van der Waals surface area contributed by atoms with Crippen molar-refractivity contribution in [2.75, 3.05) is 11.9 Å². The maximum atomic E-state index is 12.2. The molecule has 0 fully saturated rings. The van der Waals surface area contributed by atoms with E-state index in [-0.39, 0.29) is 10.4 Å². The highest BCUT2D eigenvalue weighted by molar-refractivity contribution is 7.11. The van der Waals surface area contributed by atoms with Gasteiger partial charge in [0.25, 0.3) is 11.8 Å². The zero-order chi connectivity index (χ0) is 17.9. The normalized spacial score (nSPS) is 10.2. The number of nitrogens with one attached hydrogen (secondary N) is 2. The van der Waals surface area contributed by atoms with Crippen LogP contribution in [-0.4, -0.2) is 34.0 Å². The summed E-state index contributed by atoms with van der Waals surface area (Å²) in [6.45, 7) is 1.21. The smallest absolute Gasteiger partial charge is 0.322 e. The number of benzene rings is 1. The average Bonchev–Trinajstić information content (AvgIpc) is 2.81. The molecule has 0 radical (unpaired) electrons. The molecule has 1 aromatic heterocycles. The van der Waals surface area contributed by atoms with Crippen molar-refractivity contribution in [3.63, 3.8) is 0 Å². The zero-order valence-electron chi connectivity index (χ0n) is 13.0. The van der Waals surface area contributed by atoms with Crippen molar-refractivity contribution in [1.29, 1.82) is 0 Å². The molecule has 9 heteroatoms. The van der Waals surface area contributed by atoms with Crippen molar-refractivity contribution in [3.8, 4) is 0 Å². The van der Waals surface area contributed by atoms with Crippen LogP contribution in [0.4, 0.5) is 5.69 Å². The van der Waals surface area contributed by atoms with Gasteiger partial charge in [0.1, 0.15) is 11.4 Å². The summed E-state index contributed by atoms with van der Waals surface area (Å²) >= 11 is 0.861. The molecular formula is C15H15N3O5S. The lowest BCUT2D eigenvalue weighted by Gasteiger charge is -2.06. The number of carbonyl (C=O) groups is 3. The van der Waals surface area contributed by atoms with Crippen LogP contribution in [0, 0.1) is 6.92 Å². The fourth-order valence-corrected chi connectivity index (χ4v) is 2.76. The minimum atomic E-state index is -1.13. The first-order valence-corrected chi connectivity index (χ1v) is 7.69. The maximum Gasteiger partial charge on any atom is 0.322 e. The molecule has 0 bridgehead atoms. The third kappa shape index (κ3) is 3.87. The molecular weight excluding hydrogens is 334 g/mol. The molecule has 0 atom stereocenters. The molecule has 0 saturated carbocycles. The van der Waals surface area contributed by atoms with E-state index in [4.69, 9.17) is 5.11 Å². The Hall–Kier alpha value is -2.94. The largest absolute Gasteiger partial charge is 0.480 e. The number of aliphatic carboxylic acids is 1. The van der Waals surface area contributed by atoms with Crippen LogP contribution in [0.15, 0.2) is 29.1 Å². The van der Waals surface area contributed by atoms with Crippen molar-refractivity contribution < 1.29 is 19.5 Å². The number of carboxylic acids is 1. The van der Waals surface area contributed by atoms with Crippen molar-refractivity contribution >= 4 is 34.8 Å². The van der Waals surface area contributed by atoms with Gasteiger partial charge in [-0.3, -0.25) is 19.2 Å². The van der Waals surface area contributed by atoms with E-state index in [1.807, 2.05) is 0 Å². The monoisotopic (exact) mass is 349 g/mol. The van der Waals surface area contributed by atoms with E-state index in [2.05, 4.69) is 10.6 Å². The molecule has 0 aliphatic rings. The second-order valence-corrected chi connectivity index (χ2v) is 5.91. The number of anilines is 1. The predicted molar refractivity (Wildman–Crippen MR) is 88.7 cm³/mol. The lowest BCUT2D eigenvalue weighted by Crippen LogP contribution is -2.29. The van der Waals surface area contributed by atoms with Crippen LogP contribution in [-0.2, 0) is 11.8 Å². The number of amides is 2. The molecule has 0 unspecified atom stereocenters. The average molecular weight is 349 g/mol. The molecule has 1 heterocycles. The summed E-state index contributed by atoms with van der Waals surface area (Å²) in [5.41, 5.74) is 1.31. The molecule has 2 amide bonds.